The van der Waals surface area contributed by atoms with Gasteiger partial charge in [0.1, 0.15) is 0 Å². The highest BCUT2D eigenvalue weighted by atomic mass is 35.5. The lowest BCUT2D eigenvalue weighted by molar-refractivity contribution is -0.122. The smallest absolute Gasteiger partial charge is 0.251 e. The summed E-state index contributed by atoms with van der Waals surface area (Å²) in [7, 11) is 1.63. The van der Waals surface area contributed by atoms with Crippen molar-refractivity contribution in [2.45, 2.75) is 77.8 Å². The summed E-state index contributed by atoms with van der Waals surface area (Å²) in [5, 5.41) is 6.15. The number of amides is 2. The molecule has 0 unspecified atom stereocenters. The largest absolute Gasteiger partial charge is 0.481 e. The van der Waals surface area contributed by atoms with Gasteiger partial charge in [-0.05, 0) is 55.4 Å². The third-order valence-corrected chi connectivity index (χ3v) is 6.66. The number of nitrogens with one attached hydrogen (secondary N) is 2. The molecule has 1 saturated carbocycles. The molecule has 1 aromatic carbocycles. The lowest BCUT2D eigenvalue weighted by atomic mass is 9.81. The second kappa shape index (κ2) is 16.3. The molecule has 1 aliphatic carbocycles. The van der Waals surface area contributed by atoms with Crippen LogP contribution in [-0.4, -0.2) is 60.5 Å². The summed E-state index contributed by atoms with van der Waals surface area (Å²) in [5.41, 5.74) is 1.74. The molecular weight excluding hydrogens is 488 g/mol. The molecule has 0 radical (unpaired) electrons. The number of aromatic nitrogens is 1. The number of hydrogen-bond acceptors (Lipinski definition) is 5. The maximum absolute atomic E-state index is 12.2. The average molecular weight is 531 g/mol. The fraction of sp³-hybridized carbons (Fsp3) is 0.552. The van der Waals surface area contributed by atoms with Crippen LogP contribution in [0.5, 0.6) is 5.88 Å². The first kappa shape index (κ1) is 30.6. The van der Waals surface area contributed by atoms with Gasteiger partial charge in [0.25, 0.3) is 5.91 Å². The number of carbonyl (C=O) groups excluding carboxylic acids is 2. The molecule has 2 amide bonds. The standard InChI is InChI=1S/C24H29ClN4O3.C3H8.C2H6/c1-32-23-10-7-18(12-26-23)16-5-8-21(9-6-16)29-14-20(15-29)28-22(30)13-27-24(31)17-3-2-4-19(25)11-17;1-3-2;1-2/h2-4,7,10-12,16,20-21H,5-6,8-9,13-15H2,1H3,(H,27,31)(H,28,30);3H2,1-2H3;1-2H3. The van der Waals surface area contributed by atoms with E-state index in [2.05, 4.69) is 40.4 Å². The van der Waals surface area contributed by atoms with Gasteiger partial charge in [-0.1, -0.05) is 57.8 Å². The Morgan fingerprint density at radius 1 is 1.08 bits per heavy atom. The maximum atomic E-state index is 12.2. The van der Waals surface area contributed by atoms with Gasteiger partial charge in [0.15, 0.2) is 0 Å². The van der Waals surface area contributed by atoms with Crippen molar-refractivity contribution in [3.05, 3.63) is 58.7 Å². The molecule has 0 atom stereocenters. The molecular formula is C29H43ClN4O3. The van der Waals surface area contributed by atoms with Crippen LogP contribution in [0.25, 0.3) is 0 Å². The van der Waals surface area contributed by atoms with Crippen LogP contribution in [0.1, 0.15) is 81.6 Å². The first-order valence-corrected chi connectivity index (χ1v) is 13.9. The van der Waals surface area contributed by atoms with E-state index in [1.54, 1.807) is 31.4 Å². The predicted molar refractivity (Wildman–Crippen MR) is 150 cm³/mol. The van der Waals surface area contributed by atoms with E-state index in [0.29, 0.717) is 28.4 Å². The van der Waals surface area contributed by atoms with Crippen molar-refractivity contribution in [1.29, 1.82) is 0 Å². The number of nitrogens with zero attached hydrogens (tertiary/aromatic N) is 2. The van der Waals surface area contributed by atoms with Crippen molar-refractivity contribution in [2.24, 2.45) is 0 Å². The summed E-state index contributed by atoms with van der Waals surface area (Å²) >= 11 is 5.90. The Labute approximate surface area is 227 Å². The SMILES string of the molecule is CC.CCC.COc1ccc(C2CCC(N3CC(NC(=O)CNC(=O)c4cccc(Cl)c4)C3)CC2)cn1. The Balaban J connectivity index is 0.000000898. The van der Waals surface area contributed by atoms with Gasteiger partial charge in [-0.15, -0.1) is 0 Å². The monoisotopic (exact) mass is 530 g/mol. The van der Waals surface area contributed by atoms with Gasteiger partial charge >= 0.3 is 0 Å². The molecule has 2 aromatic rings. The van der Waals surface area contributed by atoms with Gasteiger partial charge in [-0.25, -0.2) is 4.98 Å². The Morgan fingerprint density at radius 2 is 1.76 bits per heavy atom. The fourth-order valence-corrected chi connectivity index (χ4v) is 4.79. The van der Waals surface area contributed by atoms with Crippen LogP contribution < -0.4 is 15.4 Å². The minimum atomic E-state index is -0.304. The van der Waals surface area contributed by atoms with Crippen LogP contribution in [0.15, 0.2) is 42.6 Å². The van der Waals surface area contributed by atoms with E-state index in [4.69, 9.17) is 16.3 Å². The summed E-state index contributed by atoms with van der Waals surface area (Å²) in [5.74, 6) is 0.743. The summed E-state index contributed by atoms with van der Waals surface area (Å²) in [6.45, 7) is 9.95. The fourth-order valence-electron chi connectivity index (χ4n) is 4.60. The number of methoxy groups -OCH3 is 1. The Kier molecular flexibility index (Phi) is 13.4. The van der Waals surface area contributed by atoms with Crippen molar-refractivity contribution < 1.29 is 14.3 Å². The van der Waals surface area contributed by atoms with Gasteiger partial charge in [0.2, 0.25) is 11.8 Å². The van der Waals surface area contributed by atoms with Gasteiger partial charge in [-0.2, -0.15) is 0 Å². The van der Waals surface area contributed by atoms with Gasteiger partial charge in [0.05, 0.1) is 19.7 Å². The topological polar surface area (TPSA) is 83.6 Å². The zero-order chi connectivity index (χ0) is 27.2. The number of ether oxygens (including phenoxy) is 1. The number of likely N-dealkylation sites (tertiary alicyclic amines) is 1. The van der Waals surface area contributed by atoms with E-state index in [-0.39, 0.29) is 24.4 Å². The number of halogens is 1. The number of benzene rings is 1. The van der Waals surface area contributed by atoms with E-state index < -0.39 is 0 Å². The highest BCUT2D eigenvalue weighted by Crippen LogP contribution is 2.36. The molecule has 4 rings (SSSR count). The van der Waals surface area contributed by atoms with Gasteiger partial charge in [0, 0.05) is 42.0 Å². The Hall–Kier alpha value is -2.64. The zero-order valence-corrected chi connectivity index (χ0v) is 23.7. The third-order valence-electron chi connectivity index (χ3n) is 6.42. The summed E-state index contributed by atoms with van der Waals surface area (Å²) in [4.78, 5) is 31.1. The Bertz CT molecular complexity index is 956. The van der Waals surface area contributed by atoms with E-state index >= 15 is 0 Å². The second-order valence-corrected chi connectivity index (χ2v) is 9.69. The molecule has 1 aromatic heterocycles. The lowest BCUT2D eigenvalue weighted by Crippen LogP contribution is -2.63. The molecule has 1 saturated heterocycles. The molecule has 0 spiro atoms. The second-order valence-electron chi connectivity index (χ2n) is 9.26. The number of hydrogen-bond donors (Lipinski definition) is 2. The van der Waals surface area contributed by atoms with Crippen LogP contribution in [0, 0.1) is 0 Å². The zero-order valence-electron chi connectivity index (χ0n) is 22.9. The predicted octanol–water partition coefficient (Wildman–Crippen LogP) is 5.44. The van der Waals surface area contributed by atoms with Crippen LogP contribution in [0.4, 0.5) is 0 Å². The first-order valence-electron chi connectivity index (χ1n) is 13.5. The van der Waals surface area contributed by atoms with E-state index in [1.807, 2.05) is 26.1 Å². The van der Waals surface area contributed by atoms with Crippen molar-refractivity contribution in [2.75, 3.05) is 26.7 Å². The molecule has 2 N–H and O–H groups in total. The van der Waals surface area contributed by atoms with E-state index in [0.717, 1.165) is 38.8 Å². The van der Waals surface area contributed by atoms with Crippen LogP contribution in [-0.2, 0) is 4.79 Å². The average Bonchev–Trinajstić information content (AvgIpc) is 2.91. The normalized spacial score (nSPS) is 19.2. The van der Waals surface area contributed by atoms with Crippen molar-refractivity contribution in [3.63, 3.8) is 0 Å². The molecule has 7 nitrogen and oxygen atoms in total. The first-order chi connectivity index (χ1) is 17.9. The summed E-state index contributed by atoms with van der Waals surface area (Å²) < 4.78 is 5.14. The molecule has 2 aliphatic rings. The molecule has 8 heteroatoms. The van der Waals surface area contributed by atoms with Crippen molar-refractivity contribution >= 4 is 23.4 Å². The number of pyridine rings is 1. The van der Waals surface area contributed by atoms with Gasteiger partial charge < -0.3 is 15.4 Å². The number of rotatable bonds is 7. The Morgan fingerprint density at radius 3 is 2.32 bits per heavy atom. The molecule has 1 aliphatic heterocycles. The molecule has 2 heterocycles. The van der Waals surface area contributed by atoms with Crippen LogP contribution >= 0.6 is 11.6 Å². The highest BCUT2D eigenvalue weighted by molar-refractivity contribution is 6.30. The molecule has 37 heavy (non-hydrogen) atoms. The summed E-state index contributed by atoms with van der Waals surface area (Å²) in [6, 6.07) is 11.4. The quantitative estimate of drug-likeness (QED) is 0.498. The van der Waals surface area contributed by atoms with E-state index in [9.17, 15) is 9.59 Å². The van der Waals surface area contributed by atoms with Crippen molar-refractivity contribution in [3.8, 4) is 5.88 Å². The maximum Gasteiger partial charge on any atom is 0.251 e. The number of carbonyl (C=O) groups is 2. The highest BCUT2D eigenvalue weighted by Gasteiger charge is 2.35. The molecule has 0 bridgehead atoms. The minimum Gasteiger partial charge on any atom is -0.481 e. The van der Waals surface area contributed by atoms with E-state index in [1.165, 1.54) is 12.0 Å². The molecule has 2 fully saturated rings. The van der Waals surface area contributed by atoms with Crippen LogP contribution in [0.3, 0.4) is 0 Å². The minimum absolute atomic E-state index is 0.0388. The summed E-state index contributed by atoms with van der Waals surface area (Å²) in [6.07, 6.45) is 7.81. The van der Waals surface area contributed by atoms with Crippen LogP contribution in [0.2, 0.25) is 5.02 Å². The van der Waals surface area contributed by atoms with Crippen molar-refractivity contribution in [1.82, 2.24) is 20.5 Å². The lowest BCUT2D eigenvalue weighted by Gasteiger charge is -2.46. The van der Waals surface area contributed by atoms with Gasteiger partial charge in [-0.3, -0.25) is 14.5 Å². The molecule has 204 valence electrons. The third kappa shape index (κ3) is 9.63.